The molecule has 0 radical (unpaired) electrons. The van der Waals surface area contributed by atoms with Crippen molar-refractivity contribution in [3.8, 4) is 11.5 Å². The number of amides is 1. The summed E-state index contributed by atoms with van der Waals surface area (Å²) in [5, 5.41) is 5.32. The van der Waals surface area contributed by atoms with Gasteiger partial charge in [0.05, 0.1) is 20.0 Å². The minimum atomic E-state index is -0.0129. The van der Waals surface area contributed by atoms with Crippen molar-refractivity contribution < 1.29 is 14.3 Å². The van der Waals surface area contributed by atoms with Gasteiger partial charge in [-0.15, -0.1) is 11.8 Å². The number of methoxy groups -OCH3 is 2. The molecule has 1 amide bonds. The number of nitrogens with one attached hydrogen (secondary N) is 1. The molecule has 0 saturated heterocycles. The molecule has 0 bridgehead atoms. The summed E-state index contributed by atoms with van der Waals surface area (Å²) in [4.78, 5) is 13.3. The number of rotatable bonds is 7. The molecular formula is C21H21NO3S. The van der Waals surface area contributed by atoms with Crippen LogP contribution in [0, 0.1) is 0 Å². The van der Waals surface area contributed by atoms with Crippen LogP contribution in [0.4, 0.5) is 0 Å². The highest BCUT2D eigenvalue weighted by Gasteiger charge is 2.08. The Bertz CT molecular complexity index is 911. The number of thioether (sulfide) groups is 1. The first-order chi connectivity index (χ1) is 12.7. The van der Waals surface area contributed by atoms with Crippen molar-refractivity contribution in [2.45, 2.75) is 11.4 Å². The van der Waals surface area contributed by atoms with Crippen molar-refractivity contribution in [1.29, 1.82) is 0 Å². The van der Waals surface area contributed by atoms with Gasteiger partial charge in [-0.25, -0.2) is 0 Å². The van der Waals surface area contributed by atoms with Gasteiger partial charge in [-0.05, 0) is 35.0 Å². The van der Waals surface area contributed by atoms with Crippen LogP contribution >= 0.6 is 11.8 Å². The van der Waals surface area contributed by atoms with E-state index < -0.39 is 0 Å². The van der Waals surface area contributed by atoms with E-state index in [1.165, 1.54) is 22.5 Å². The van der Waals surface area contributed by atoms with Gasteiger partial charge in [-0.3, -0.25) is 4.79 Å². The van der Waals surface area contributed by atoms with Crippen LogP contribution in [0.1, 0.15) is 5.56 Å². The molecule has 0 heterocycles. The maximum atomic E-state index is 12.2. The molecule has 0 aromatic heterocycles. The van der Waals surface area contributed by atoms with Gasteiger partial charge in [0.25, 0.3) is 0 Å². The molecule has 0 saturated carbocycles. The second-order valence-electron chi connectivity index (χ2n) is 5.75. The van der Waals surface area contributed by atoms with E-state index in [0.717, 1.165) is 16.2 Å². The highest BCUT2D eigenvalue weighted by Crippen LogP contribution is 2.25. The molecule has 134 valence electrons. The maximum Gasteiger partial charge on any atom is 0.230 e. The summed E-state index contributed by atoms with van der Waals surface area (Å²) in [6.07, 6.45) is 0. The molecule has 5 heteroatoms. The number of ether oxygens (including phenoxy) is 2. The van der Waals surface area contributed by atoms with Gasteiger partial charge < -0.3 is 14.8 Å². The van der Waals surface area contributed by atoms with Crippen LogP contribution in [-0.4, -0.2) is 25.9 Å². The third-order valence-electron chi connectivity index (χ3n) is 4.06. The third kappa shape index (κ3) is 4.49. The number of hydrogen-bond acceptors (Lipinski definition) is 4. The average molecular weight is 367 g/mol. The number of carbonyl (C=O) groups excluding carboxylic acids is 1. The van der Waals surface area contributed by atoms with E-state index in [2.05, 4.69) is 29.6 Å². The quantitative estimate of drug-likeness (QED) is 0.634. The Labute approximate surface area is 157 Å². The van der Waals surface area contributed by atoms with Crippen molar-refractivity contribution in [2.75, 3.05) is 20.0 Å². The molecule has 4 nitrogen and oxygen atoms in total. The van der Waals surface area contributed by atoms with Crippen molar-refractivity contribution in [3.05, 3.63) is 66.2 Å². The molecule has 0 spiro atoms. The lowest BCUT2D eigenvalue weighted by atomic mass is 10.1. The topological polar surface area (TPSA) is 47.6 Å². The summed E-state index contributed by atoms with van der Waals surface area (Å²) < 4.78 is 10.5. The highest BCUT2D eigenvalue weighted by atomic mass is 32.2. The molecule has 26 heavy (non-hydrogen) atoms. The van der Waals surface area contributed by atoms with Gasteiger partial charge in [0, 0.05) is 23.1 Å². The smallest absolute Gasteiger partial charge is 0.230 e. The zero-order valence-electron chi connectivity index (χ0n) is 14.8. The molecule has 3 aromatic carbocycles. The number of carbonyl (C=O) groups is 1. The summed E-state index contributed by atoms with van der Waals surface area (Å²) in [5.74, 6) is 1.79. The summed E-state index contributed by atoms with van der Waals surface area (Å²) in [5.41, 5.74) is 0.914. The highest BCUT2D eigenvalue weighted by molar-refractivity contribution is 8.00. The van der Waals surface area contributed by atoms with Crippen molar-refractivity contribution in [2.24, 2.45) is 0 Å². The number of fused-ring (bicyclic) bond motifs is 1. The molecular weight excluding hydrogens is 346 g/mol. The Morgan fingerprint density at radius 1 is 0.962 bits per heavy atom. The van der Waals surface area contributed by atoms with Crippen LogP contribution in [-0.2, 0) is 11.3 Å². The summed E-state index contributed by atoms with van der Waals surface area (Å²) >= 11 is 1.53. The van der Waals surface area contributed by atoms with Crippen LogP contribution in [0.5, 0.6) is 11.5 Å². The molecule has 0 aliphatic heterocycles. The molecule has 3 rings (SSSR count). The molecule has 3 aromatic rings. The fraction of sp³-hybridized carbons (Fsp3) is 0.190. The Kier molecular flexibility index (Phi) is 6.02. The Morgan fingerprint density at radius 3 is 2.54 bits per heavy atom. The van der Waals surface area contributed by atoms with Gasteiger partial charge in [-0.2, -0.15) is 0 Å². The lowest BCUT2D eigenvalue weighted by Crippen LogP contribution is -2.24. The first-order valence-electron chi connectivity index (χ1n) is 8.29. The summed E-state index contributed by atoms with van der Waals surface area (Å²) in [6.45, 7) is 0.421. The van der Waals surface area contributed by atoms with E-state index in [4.69, 9.17) is 9.47 Å². The van der Waals surface area contributed by atoms with E-state index in [0.29, 0.717) is 18.0 Å². The molecule has 1 N–H and O–H groups in total. The first kappa shape index (κ1) is 18.1. The zero-order chi connectivity index (χ0) is 18.4. The van der Waals surface area contributed by atoms with Crippen molar-refractivity contribution in [3.63, 3.8) is 0 Å². The lowest BCUT2D eigenvalue weighted by molar-refractivity contribution is -0.118. The fourth-order valence-corrected chi connectivity index (χ4v) is 3.42. The minimum absolute atomic E-state index is 0.0129. The van der Waals surface area contributed by atoms with Crippen molar-refractivity contribution in [1.82, 2.24) is 5.32 Å². The van der Waals surface area contributed by atoms with Gasteiger partial charge in [0.15, 0.2) is 0 Å². The molecule has 0 unspecified atom stereocenters. The number of benzene rings is 3. The van der Waals surface area contributed by atoms with Crippen LogP contribution in [0.2, 0.25) is 0 Å². The zero-order valence-corrected chi connectivity index (χ0v) is 15.6. The predicted octanol–water partition coefficient (Wildman–Crippen LogP) is 4.27. The molecule has 0 aliphatic carbocycles. The summed E-state index contributed by atoms with van der Waals surface area (Å²) in [7, 11) is 3.22. The predicted molar refractivity (Wildman–Crippen MR) is 106 cm³/mol. The monoisotopic (exact) mass is 367 g/mol. The average Bonchev–Trinajstić information content (AvgIpc) is 2.70. The number of hydrogen-bond donors (Lipinski definition) is 1. The first-order valence-corrected chi connectivity index (χ1v) is 9.27. The van der Waals surface area contributed by atoms with E-state index in [1.54, 1.807) is 14.2 Å². The largest absolute Gasteiger partial charge is 0.497 e. The van der Waals surface area contributed by atoms with Crippen LogP contribution in [0.25, 0.3) is 10.8 Å². The van der Waals surface area contributed by atoms with E-state index >= 15 is 0 Å². The fourth-order valence-electron chi connectivity index (χ4n) is 2.65. The summed E-state index contributed by atoms with van der Waals surface area (Å²) in [6, 6.07) is 20.0. The second kappa shape index (κ2) is 8.63. The van der Waals surface area contributed by atoms with E-state index in [-0.39, 0.29) is 5.91 Å². The van der Waals surface area contributed by atoms with E-state index in [9.17, 15) is 4.79 Å². The van der Waals surface area contributed by atoms with Gasteiger partial charge in [-0.1, -0.05) is 30.3 Å². The van der Waals surface area contributed by atoms with Gasteiger partial charge in [0.2, 0.25) is 5.91 Å². The molecule has 0 fully saturated rings. The molecule has 0 atom stereocenters. The third-order valence-corrected chi connectivity index (χ3v) is 5.05. The van der Waals surface area contributed by atoms with Gasteiger partial charge in [0.1, 0.15) is 11.5 Å². The minimum Gasteiger partial charge on any atom is -0.497 e. The van der Waals surface area contributed by atoms with E-state index in [1.807, 2.05) is 36.4 Å². The Hall–Kier alpha value is -2.66. The van der Waals surface area contributed by atoms with Crippen molar-refractivity contribution >= 4 is 28.4 Å². The normalized spacial score (nSPS) is 10.5. The Balaban J connectivity index is 1.55. The van der Waals surface area contributed by atoms with Crippen LogP contribution in [0.15, 0.2) is 65.6 Å². The van der Waals surface area contributed by atoms with Gasteiger partial charge >= 0.3 is 0 Å². The van der Waals surface area contributed by atoms with Crippen LogP contribution in [0.3, 0.4) is 0 Å². The lowest BCUT2D eigenvalue weighted by Gasteiger charge is -2.11. The SMILES string of the molecule is COc1ccc(CNC(=O)CSc2ccc3ccccc3c2)c(OC)c1. The second-order valence-corrected chi connectivity index (χ2v) is 6.80. The Morgan fingerprint density at radius 2 is 1.77 bits per heavy atom. The van der Waals surface area contributed by atoms with Crippen LogP contribution < -0.4 is 14.8 Å². The standard InChI is InChI=1S/C21H21NO3S/c1-24-18-9-7-17(20(12-18)25-2)13-22-21(23)14-26-19-10-8-15-5-3-4-6-16(15)11-19/h3-12H,13-14H2,1-2H3,(H,22,23). The maximum absolute atomic E-state index is 12.2. The molecule has 0 aliphatic rings.